The zero-order valence-corrected chi connectivity index (χ0v) is 14.8. The van der Waals surface area contributed by atoms with Crippen molar-refractivity contribution in [1.82, 2.24) is 15.5 Å². The second kappa shape index (κ2) is 7.97. The lowest BCUT2D eigenvalue weighted by molar-refractivity contribution is -0.147. The Kier molecular flexibility index (Phi) is 5.71. The summed E-state index contributed by atoms with van der Waals surface area (Å²) in [6, 6.07) is 7.82. The number of aryl methyl sites for hydroxylation is 1. The minimum atomic E-state index is -0.383. The average Bonchev–Trinajstić information content (AvgIpc) is 3.03. The number of hydrogen-bond acceptors (Lipinski definition) is 4. The van der Waals surface area contributed by atoms with Crippen LogP contribution in [0.15, 0.2) is 24.3 Å². The van der Waals surface area contributed by atoms with Crippen LogP contribution in [-0.4, -0.2) is 47.9 Å². The van der Waals surface area contributed by atoms with Gasteiger partial charge in [0.15, 0.2) is 0 Å². The summed E-state index contributed by atoms with van der Waals surface area (Å²) in [5, 5.41) is 6.40. The van der Waals surface area contributed by atoms with E-state index in [2.05, 4.69) is 35.8 Å². The number of benzene rings is 1. The van der Waals surface area contributed by atoms with E-state index in [1.807, 2.05) is 6.07 Å². The van der Waals surface area contributed by atoms with E-state index in [1.165, 1.54) is 11.1 Å². The highest BCUT2D eigenvalue weighted by atomic mass is 16.2. The van der Waals surface area contributed by atoms with Crippen molar-refractivity contribution in [3.63, 3.8) is 0 Å². The summed E-state index contributed by atoms with van der Waals surface area (Å²) in [5.41, 5.74) is 7.97. The normalized spacial score (nSPS) is 25.8. The Morgan fingerprint density at radius 3 is 2.92 bits per heavy atom. The molecule has 2 fully saturated rings. The molecule has 2 heterocycles. The lowest BCUT2D eigenvalue weighted by Gasteiger charge is -2.34. The largest absolute Gasteiger partial charge is 0.343 e. The lowest BCUT2D eigenvalue weighted by Crippen LogP contribution is -2.61. The van der Waals surface area contributed by atoms with Crippen LogP contribution in [0.2, 0.25) is 0 Å². The summed E-state index contributed by atoms with van der Waals surface area (Å²) in [6.45, 7) is 4.05. The van der Waals surface area contributed by atoms with Crippen LogP contribution in [0.4, 0.5) is 0 Å². The number of fused-ring (bicyclic) bond motifs is 1. The van der Waals surface area contributed by atoms with Gasteiger partial charge in [-0.15, -0.1) is 0 Å². The average molecular weight is 344 g/mol. The van der Waals surface area contributed by atoms with E-state index in [9.17, 15) is 9.59 Å². The zero-order chi connectivity index (χ0) is 17.8. The topological polar surface area (TPSA) is 87.5 Å². The van der Waals surface area contributed by atoms with E-state index < -0.39 is 0 Å². The molecule has 2 amide bonds. The Morgan fingerprint density at radius 1 is 1.32 bits per heavy atom. The van der Waals surface area contributed by atoms with Crippen molar-refractivity contribution >= 4 is 11.8 Å². The third-order valence-electron chi connectivity index (χ3n) is 5.13. The van der Waals surface area contributed by atoms with Gasteiger partial charge in [0, 0.05) is 19.1 Å². The molecule has 0 spiro atoms. The van der Waals surface area contributed by atoms with Gasteiger partial charge in [0.2, 0.25) is 11.8 Å². The number of carbonyl (C=O) groups is 2. The fourth-order valence-electron chi connectivity index (χ4n) is 3.78. The highest BCUT2D eigenvalue weighted by molar-refractivity contribution is 5.97. The Labute approximate surface area is 149 Å². The number of rotatable bonds is 7. The Balaban J connectivity index is 1.56. The summed E-state index contributed by atoms with van der Waals surface area (Å²) in [7, 11) is 0. The van der Waals surface area contributed by atoms with Gasteiger partial charge >= 0.3 is 0 Å². The zero-order valence-electron chi connectivity index (χ0n) is 14.8. The molecular formula is C19H28N4O2. The van der Waals surface area contributed by atoms with Gasteiger partial charge in [-0.1, -0.05) is 29.8 Å². The number of nitrogens with zero attached hydrogens (tertiary/aromatic N) is 1. The Hall–Kier alpha value is -1.92. The highest BCUT2D eigenvalue weighted by Crippen LogP contribution is 2.24. The summed E-state index contributed by atoms with van der Waals surface area (Å²) >= 11 is 0. The van der Waals surface area contributed by atoms with Crippen molar-refractivity contribution in [2.45, 2.75) is 57.3 Å². The molecule has 1 aromatic carbocycles. The van der Waals surface area contributed by atoms with E-state index in [1.54, 1.807) is 4.90 Å². The van der Waals surface area contributed by atoms with E-state index in [4.69, 9.17) is 5.73 Å². The summed E-state index contributed by atoms with van der Waals surface area (Å²) < 4.78 is 0. The molecule has 2 aliphatic rings. The Morgan fingerprint density at radius 2 is 2.16 bits per heavy atom. The van der Waals surface area contributed by atoms with Crippen molar-refractivity contribution < 1.29 is 9.59 Å². The third kappa shape index (κ3) is 4.19. The van der Waals surface area contributed by atoms with Crippen molar-refractivity contribution in [1.29, 1.82) is 0 Å². The second-order valence-corrected chi connectivity index (χ2v) is 7.15. The quantitative estimate of drug-likeness (QED) is 0.635. The predicted molar refractivity (Wildman–Crippen MR) is 96.8 cm³/mol. The number of piperazine rings is 1. The van der Waals surface area contributed by atoms with Crippen LogP contribution in [0, 0.1) is 6.92 Å². The van der Waals surface area contributed by atoms with Crippen LogP contribution in [0.3, 0.4) is 0 Å². The van der Waals surface area contributed by atoms with Crippen molar-refractivity contribution in [2.24, 2.45) is 5.73 Å². The van der Waals surface area contributed by atoms with E-state index >= 15 is 0 Å². The maximum absolute atomic E-state index is 12.7. The van der Waals surface area contributed by atoms with Gasteiger partial charge in [-0.25, -0.2) is 0 Å². The minimum absolute atomic E-state index is 0.0165. The van der Waals surface area contributed by atoms with Gasteiger partial charge in [0.25, 0.3) is 0 Å². The molecule has 0 unspecified atom stereocenters. The first-order valence-electron chi connectivity index (χ1n) is 9.18. The summed E-state index contributed by atoms with van der Waals surface area (Å²) in [5.74, 6) is 0.0404. The first kappa shape index (κ1) is 17.9. The predicted octanol–water partition coefficient (Wildman–Crippen LogP) is 0.682. The molecule has 136 valence electrons. The molecule has 2 aliphatic heterocycles. The monoisotopic (exact) mass is 344 g/mol. The second-order valence-electron chi connectivity index (χ2n) is 7.15. The number of hydrogen-bond donors (Lipinski definition) is 3. The standard InChI is InChI=1S/C19H28N4O2/c1-13-5-4-6-14(9-13)11-21-15-10-17-18(24)22-16(7-2-3-8-20)19(25)23(17)12-15/h4-6,9,15-17,21H,2-3,7-8,10-12,20H2,1H3,(H,22,24)/t15-,16-,17-/m0/s1. The molecule has 2 saturated heterocycles. The smallest absolute Gasteiger partial charge is 0.245 e. The number of unbranched alkanes of at least 4 members (excludes halogenated alkanes) is 1. The van der Waals surface area contributed by atoms with E-state index in [0.717, 1.165) is 19.4 Å². The van der Waals surface area contributed by atoms with E-state index in [-0.39, 0.29) is 29.9 Å². The van der Waals surface area contributed by atoms with E-state index in [0.29, 0.717) is 25.9 Å². The SMILES string of the molecule is Cc1cccc(CN[C@H]2C[C@H]3C(=O)N[C@@H](CCCCN)C(=O)N3C2)c1. The molecule has 6 heteroatoms. The molecule has 25 heavy (non-hydrogen) atoms. The van der Waals surface area contributed by atoms with Gasteiger partial charge in [-0.3, -0.25) is 9.59 Å². The first-order valence-corrected chi connectivity index (χ1v) is 9.18. The van der Waals surface area contributed by atoms with Crippen LogP contribution in [0.1, 0.15) is 36.8 Å². The molecule has 3 atom stereocenters. The first-order chi connectivity index (χ1) is 12.1. The van der Waals surface area contributed by atoms with Crippen LogP contribution in [0.5, 0.6) is 0 Å². The molecule has 0 aromatic heterocycles. The lowest BCUT2D eigenvalue weighted by atomic mass is 10.0. The Bertz CT molecular complexity index is 634. The van der Waals surface area contributed by atoms with Crippen LogP contribution in [-0.2, 0) is 16.1 Å². The number of carbonyl (C=O) groups excluding carboxylic acids is 2. The number of amides is 2. The minimum Gasteiger partial charge on any atom is -0.343 e. The van der Waals surface area contributed by atoms with Gasteiger partial charge < -0.3 is 21.3 Å². The summed E-state index contributed by atoms with van der Waals surface area (Å²) in [4.78, 5) is 26.8. The third-order valence-corrected chi connectivity index (χ3v) is 5.13. The van der Waals surface area contributed by atoms with Crippen molar-refractivity contribution in [3.05, 3.63) is 35.4 Å². The molecular weight excluding hydrogens is 316 g/mol. The number of nitrogens with two attached hydrogens (primary N) is 1. The number of nitrogens with one attached hydrogen (secondary N) is 2. The maximum Gasteiger partial charge on any atom is 0.245 e. The molecule has 3 rings (SSSR count). The molecule has 0 aliphatic carbocycles. The fraction of sp³-hybridized carbons (Fsp3) is 0.579. The summed E-state index contributed by atoms with van der Waals surface area (Å²) in [6.07, 6.45) is 3.09. The molecule has 1 aromatic rings. The van der Waals surface area contributed by atoms with Crippen molar-refractivity contribution in [2.75, 3.05) is 13.1 Å². The molecule has 0 saturated carbocycles. The van der Waals surface area contributed by atoms with Crippen LogP contribution < -0.4 is 16.4 Å². The van der Waals surface area contributed by atoms with Gasteiger partial charge in [-0.05, 0) is 44.7 Å². The molecule has 4 N–H and O–H groups in total. The van der Waals surface area contributed by atoms with Crippen LogP contribution in [0.25, 0.3) is 0 Å². The molecule has 0 bridgehead atoms. The molecule has 0 radical (unpaired) electrons. The van der Waals surface area contributed by atoms with Gasteiger partial charge in [0.1, 0.15) is 12.1 Å². The highest BCUT2D eigenvalue weighted by Gasteiger charge is 2.45. The fourth-order valence-corrected chi connectivity index (χ4v) is 3.78. The van der Waals surface area contributed by atoms with Gasteiger partial charge in [-0.2, -0.15) is 0 Å². The van der Waals surface area contributed by atoms with Crippen molar-refractivity contribution in [3.8, 4) is 0 Å². The van der Waals surface area contributed by atoms with Crippen LogP contribution >= 0.6 is 0 Å². The molecule has 6 nitrogen and oxygen atoms in total. The maximum atomic E-state index is 12.7. The van der Waals surface area contributed by atoms with Gasteiger partial charge in [0.05, 0.1) is 0 Å².